The minimum absolute atomic E-state index is 0.0908. The zero-order chi connectivity index (χ0) is 43.5. The van der Waals surface area contributed by atoms with E-state index in [4.69, 9.17) is 14.2 Å². The highest BCUT2D eigenvalue weighted by Crippen LogP contribution is 2.16. The Morgan fingerprint density at radius 2 is 0.700 bits per heavy atom. The number of allylic oxidation sites excluding steroid dienone is 4. The van der Waals surface area contributed by atoms with Crippen molar-refractivity contribution in [2.24, 2.45) is 0 Å². The minimum Gasteiger partial charge on any atom is -0.462 e. The molecule has 0 rings (SSSR count). The van der Waals surface area contributed by atoms with Gasteiger partial charge in [0.25, 0.3) is 0 Å². The van der Waals surface area contributed by atoms with E-state index >= 15 is 0 Å². The fraction of sp³-hybridized carbons (Fsp3) is 0.891. The molecule has 0 amide bonds. The van der Waals surface area contributed by atoms with Crippen molar-refractivity contribution in [3.63, 3.8) is 0 Å². The van der Waals surface area contributed by atoms with Gasteiger partial charge in [-0.25, -0.2) is 0 Å². The first-order valence-corrected chi connectivity index (χ1v) is 26.9. The summed E-state index contributed by atoms with van der Waals surface area (Å²) in [6, 6.07) is 0. The lowest BCUT2D eigenvalue weighted by molar-refractivity contribution is -0.163. The summed E-state index contributed by atoms with van der Waals surface area (Å²) < 4.78 is 17.4. The van der Waals surface area contributed by atoms with Crippen LogP contribution in [0.3, 0.4) is 0 Å². The molecule has 0 spiro atoms. The van der Waals surface area contributed by atoms with Gasteiger partial charge in [-0.1, -0.05) is 251 Å². The number of ether oxygens (including phenoxy) is 3. The third kappa shape index (κ3) is 49.0. The molecule has 60 heavy (non-hydrogen) atoms. The van der Waals surface area contributed by atoms with Crippen LogP contribution < -0.4 is 0 Å². The SMILES string of the molecule is CCCCC/C=C\C/C=C\CCCCCCCCCCOCC(COC(=O)CCCCCCCCCCCCCCCCC)OC(=O)CCCCCCCCCCCCC. The molecule has 0 N–H and O–H groups in total. The third-order valence-corrected chi connectivity index (χ3v) is 12.0. The molecule has 354 valence electrons. The summed E-state index contributed by atoms with van der Waals surface area (Å²) >= 11 is 0. The molecule has 5 heteroatoms. The third-order valence-electron chi connectivity index (χ3n) is 12.0. The Labute approximate surface area is 375 Å². The van der Waals surface area contributed by atoms with Gasteiger partial charge in [0.05, 0.1) is 6.61 Å². The maximum Gasteiger partial charge on any atom is 0.306 e. The lowest BCUT2D eigenvalue weighted by Crippen LogP contribution is -2.30. The standard InChI is InChI=1S/C55H104O5/c1-4-7-10-13-16-19-22-24-26-27-28-30-32-35-38-41-44-47-50-58-51-53(60-55(57)49-46-43-40-37-33-21-18-15-12-9-6-3)52-59-54(56)48-45-42-39-36-34-31-29-25-23-20-17-14-11-8-5-2/h16,19,24,26,53H,4-15,17-18,20-23,25,27-52H2,1-3H3/b19-16-,26-24-. The first-order chi connectivity index (χ1) is 29.6. The fourth-order valence-corrected chi connectivity index (χ4v) is 7.95. The van der Waals surface area contributed by atoms with E-state index in [9.17, 15) is 9.59 Å². The Morgan fingerprint density at radius 1 is 0.367 bits per heavy atom. The first-order valence-electron chi connectivity index (χ1n) is 26.9. The molecule has 0 fully saturated rings. The van der Waals surface area contributed by atoms with E-state index in [2.05, 4.69) is 45.1 Å². The largest absolute Gasteiger partial charge is 0.462 e. The van der Waals surface area contributed by atoms with Gasteiger partial charge < -0.3 is 14.2 Å². The molecule has 0 aliphatic rings. The summed E-state index contributed by atoms with van der Waals surface area (Å²) in [5.41, 5.74) is 0. The lowest BCUT2D eigenvalue weighted by atomic mass is 10.0. The Balaban J connectivity index is 4.19. The smallest absolute Gasteiger partial charge is 0.306 e. The van der Waals surface area contributed by atoms with Crippen LogP contribution in [0.2, 0.25) is 0 Å². The van der Waals surface area contributed by atoms with E-state index in [1.807, 2.05) is 0 Å². The number of unbranched alkanes of at least 4 members (excludes halogenated alkanes) is 35. The molecule has 1 unspecified atom stereocenters. The Kier molecular flexibility index (Phi) is 50.3. The van der Waals surface area contributed by atoms with E-state index in [-0.39, 0.29) is 18.5 Å². The number of hydrogen-bond donors (Lipinski definition) is 0. The fourth-order valence-electron chi connectivity index (χ4n) is 7.95. The van der Waals surface area contributed by atoms with Crippen molar-refractivity contribution in [1.82, 2.24) is 0 Å². The molecule has 0 aromatic carbocycles. The summed E-state index contributed by atoms with van der Waals surface area (Å²) in [6.45, 7) is 7.84. The van der Waals surface area contributed by atoms with Crippen LogP contribution in [0.5, 0.6) is 0 Å². The van der Waals surface area contributed by atoms with E-state index < -0.39 is 6.10 Å². The van der Waals surface area contributed by atoms with Gasteiger partial charge in [-0.15, -0.1) is 0 Å². The van der Waals surface area contributed by atoms with Crippen LogP contribution in [0, 0.1) is 0 Å². The van der Waals surface area contributed by atoms with E-state index in [1.165, 1.54) is 212 Å². The van der Waals surface area contributed by atoms with E-state index in [0.717, 1.165) is 44.9 Å². The van der Waals surface area contributed by atoms with Crippen LogP contribution in [0.15, 0.2) is 24.3 Å². The number of hydrogen-bond acceptors (Lipinski definition) is 5. The van der Waals surface area contributed by atoms with Gasteiger partial charge in [-0.2, -0.15) is 0 Å². The minimum atomic E-state index is -0.530. The Morgan fingerprint density at radius 3 is 1.13 bits per heavy atom. The van der Waals surface area contributed by atoms with Crippen LogP contribution >= 0.6 is 0 Å². The molecule has 0 aromatic heterocycles. The predicted molar refractivity (Wildman–Crippen MR) is 261 cm³/mol. The predicted octanol–water partition coefficient (Wildman–Crippen LogP) is 18.0. The molecular formula is C55H104O5. The van der Waals surface area contributed by atoms with Gasteiger partial charge in [-0.3, -0.25) is 9.59 Å². The molecule has 0 saturated heterocycles. The van der Waals surface area contributed by atoms with Gasteiger partial charge in [0.15, 0.2) is 6.10 Å². The second-order valence-corrected chi connectivity index (χ2v) is 18.1. The highest BCUT2D eigenvalue weighted by molar-refractivity contribution is 5.70. The number of esters is 2. The van der Waals surface area contributed by atoms with Gasteiger partial charge in [0.2, 0.25) is 0 Å². The molecule has 0 heterocycles. The topological polar surface area (TPSA) is 61.8 Å². The van der Waals surface area contributed by atoms with Gasteiger partial charge in [0, 0.05) is 19.4 Å². The summed E-state index contributed by atoms with van der Waals surface area (Å²) in [5, 5.41) is 0. The van der Waals surface area contributed by atoms with Crippen molar-refractivity contribution >= 4 is 11.9 Å². The summed E-state index contributed by atoms with van der Waals surface area (Å²) in [6.07, 6.45) is 60.4. The molecule has 0 aliphatic heterocycles. The van der Waals surface area contributed by atoms with Crippen LogP contribution in [-0.4, -0.2) is 37.9 Å². The van der Waals surface area contributed by atoms with Crippen molar-refractivity contribution < 1.29 is 23.8 Å². The number of carbonyl (C=O) groups excluding carboxylic acids is 2. The Hall–Kier alpha value is -1.62. The van der Waals surface area contributed by atoms with Crippen molar-refractivity contribution in [2.45, 2.75) is 297 Å². The molecule has 0 radical (unpaired) electrons. The zero-order valence-electron chi connectivity index (χ0n) is 40.7. The molecule has 0 aliphatic carbocycles. The molecule has 5 nitrogen and oxygen atoms in total. The molecule has 0 saturated carbocycles. The molecule has 0 aromatic rings. The molecular weight excluding hydrogens is 741 g/mol. The van der Waals surface area contributed by atoms with Crippen molar-refractivity contribution in [2.75, 3.05) is 19.8 Å². The van der Waals surface area contributed by atoms with Crippen LogP contribution in [0.1, 0.15) is 290 Å². The van der Waals surface area contributed by atoms with Gasteiger partial charge in [-0.05, 0) is 51.4 Å². The average Bonchev–Trinajstić information content (AvgIpc) is 3.25. The second kappa shape index (κ2) is 51.7. The van der Waals surface area contributed by atoms with Crippen molar-refractivity contribution in [3.05, 3.63) is 24.3 Å². The van der Waals surface area contributed by atoms with E-state index in [1.54, 1.807) is 0 Å². The van der Waals surface area contributed by atoms with Crippen molar-refractivity contribution in [1.29, 1.82) is 0 Å². The first kappa shape index (κ1) is 58.4. The highest BCUT2D eigenvalue weighted by atomic mass is 16.6. The monoisotopic (exact) mass is 845 g/mol. The second-order valence-electron chi connectivity index (χ2n) is 18.1. The quantitative estimate of drug-likeness (QED) is 0.0347. The van der Waals surface area contributed by atoms with Crippen LogP contribution in [0.25, 0.3) is 0 Å². The van der Waals surface area contributed by atoms with E-state index in [0.29, 0.717) is 26.1 Å². The number of carbonyl (C=O) groups is 2. The van der Waals surface area contributed by atoms with Crippen LogP contribution in [-0.2, 0) is 23.8 Å². The van der Waals surface area contributed by atoms with Gasteiger partial charge >= 0.3 is 11.9 Å². The highest BCUT2D eigenvalue weighted by Gasteiger charge is 2.17. The van der Waals surface area contributed by atoms with Crippen molar-refractivity contribution in [3.8, 4) is 0 Å². The average molecular weight is 845 g/mol. The summed E-state index contributed by atoms with van der Waals surface area (Å²) in [4.78, 5) is 25.4. The zero-order valence-corrected chi connectivity index (χ0v) is 40.7. The lowest BCUT2D eigenvalue weighted by Gasteiger charge is -2.18. The molecule has 0 bridgehead atoms. The summed E-state index contributed by atoms with van der Waals surface area (Å²) in [7, 11) is 0. The number of rotatable bonds is 50. The molecule has 1 atom stereocenters. The Bertz CT molecular complexity index is 913. The summed E-state index contributed by atoms with van der Waals surface area (Å²) in [5.74, 6) is -0.382. The maximum atomic E-state index is 12.8. The van der Waals surface area contributed by atoms with Gasteiger partial charge in [0.1, 0.15) is 6.61 Å². The maximum absolute atomic E-state index is 12.8. The van der Waals surface area contributed by atoms with Crippen LogP contribution in [0.4, 0.5) is 0 Å². The normalized spacial score (nSPS) is 12.2.